The van der Waals surface area contributed by atoms with Crippen molar-refractivity contribution in [3.63, 3.8) is 0 Å². The number of carbonyl (C=O) groups excluding carboxylic acids is 4. The standard InChI is InChI=1S/C33H42N4O9/c38-28-27-16-25(46-32(43)36-14-12-21-8-6-7-9-22(21)18-36)19-37(27)29(39)26(34-31(42)45-24-13-15-44-20-24)11-5-3-1-2-4-10-23-17-33(23,35-28)30(40)41/h4,6-10,23-27H,1-3,5,11-20H2,(H,34,42)(H,35,38)(H,40,41)/t23-,24+,25-,26+,27+,33-/m1/s1. The number of alkyl carbamates (subject to hydrolysis) is 1. The molecule has 248 valence electrons. The van der Waals surface area contributed by atoms with Crippen molar-refractivity contribution in [1.82, 2.24) is 20.4 Å². The lowest BCUT2D eigenvalue weighted by molar-refractivity contribution is -0.145. The van der Waals surface area contributed by atoms with Crippen LogP contribution >= 0.6 is 0 Å². The van der Waals surface area contributed by atoms with Gasteiger partial charge in [0, 0.05) is 31.8 Å². The molecule has 0 spiro atoms. The van der Waals surface area contributed by atoms with Crippen molar-refractivity contribution in [2.75, 3.05) is 26.3 Å². The van der Waals surface area contributed by atoms with Gasteiger partial charge in [0.15, 0.2) is 0 Å². The highest BCUT2D eigenvalue weighted by Crippen LogP contribution is 2.45. The summed E-state index contributed by atoms with van der Waals surface area (Å²) in [4.78, 5) is 69.3. The summed E-state index contributed by atoms with van der Waals surface area (Å²) in [5.41, 5.74) is 0.762. The van der Waals surface area contributed by atoms with Gasteiger partial charge in [-0.3, -0.25) is 9.59 Å². The van der Waals surface area contributed by atoms with E-state index in [1.165, 1.54) is 10.5 Å². The highest BCUT2D eigenvalue weighted by Gasteiger charge is 2.61. The SMILES string of the molecule is O=C(N[C@H]1CCCCCC=C[C@@H]2C[C@@]2(C(=O)O)NC(=O)[C@@H]2C[C@@H](OC(=O)N3CCc4ccccc4C3)CN2C1=O)O[C@H]1CCOC1. The summed E-state index contributed by atoms with van der Waals surface area (Å²) in [6, 6.07) is 5.82. The number of aliphatic carboxylic acids is 1. The van der Waals surface area contributed by atoms with Crippen LogP contribution in [0.5, 0.6) is 0 Å². The summed E-state index contributed by atoms with van der Waals surface area (Å²) >= 11 is 0. The molecule has 0 unspecified atom stereocenters. The van der Waals surface area contributed by atoms with Crippen LogP contribution < -0.4 is 10.6 Å². The van der Waals surface area contributed by atoms with Gasteiger partial charge < -0.3 is 39.8 Å². The molecular formula is C33H42N4O9. The van der Waals surface area contributed by atoms with Crippen molar-refractivity contribution < 1.29 is 43.3 Å². The quantitative estimate of drug-likeness (QED) is 0.421. The number of nitrogens with one attached hydrogen (secondary N) is 2. The van der Waals surface area contributed by atoms with Crippen molar-refractivity contribution in [3.05, 3.63) is 47.5 Å². The number of nitrogens with zero attached hydrogens (tertiary/aromatic N) is 2. The molecule has 0 radical (unpaired) electrons. The Morgan fingerprint density at radius 2 is 1.87 bits per heavy atom. The molecule has 0 bridgehead atoms. The van der Waals surface area contributed by atoms with Crippen LogP contribution in [0.3, 0.4) is 0 Å². The van der Waals surface area contributed by atoms with Crippen LogP contribution in [-0.4, -0.2) is 101 Å². The molecule has 2 saturated heterocycles. The second kappa shape index (κ2) is 13.7. The zero-order chi connectivity index (χ0) is 32.3. The van der Waals surface area contributed by atoms with E-state index in [-0.39, 0.29) is 31.9 Å². The largest absolute Gasteiger partial charge is 0.479 e. The van der Waals surface area contributed by atoms with E-state index in [0.717, 1.165) is 24.8 Å². The molecule has 1 aromatic rings. The number of carboxylic acids is 1. The molecule has 1 saturated carbocycles. The lowest BCUT2D eigenvalue weighted by Gasteiger charge is -2.30. The second-order valence-electron chi connectivity index (χ2n) is 12.9. The van der Waals surface area contributed by atoms with E-state index in [1.807, 2.05) is 36.4 Å². The first-order valence-corrected chi connectivity index (χ1v) is 16.3. The monoisotopic (exact) mass is 638 g/mol. The number of carbonyl (C=O) groups is 5. The summed E-state index contributed by atoms with van der Waals surface area (Å²) in [7, 11) is 0. The molecule has 1 aromatic carbocycles. The van der Waals surface area contributed by atoms with Gasteiger partial charge >= 0.3 is 18.2 Å². The van der Waals surface area contributed by atoms with Gasteiger partial charge in [-0.1, -0.05) is 49.3 Å². The smallest absolute Gasteiger partial charge is 0.410 e. The maximum absolute atomic E-state index is 14.1. The van der Waals surface area contributed by atoms with Gasteiger partial charge in [0.1, 0.15) is 29.8 Å². The number of carboxylic acid groups (broad SMARTS) is 1. The minimum absolute atomic E-state index is 0.000520. The predicted octanol–water partition coefficient (Wildman–Crippen LogP) is 2.51. The number of allylic oxidation sites excluding steroid dienone is 1. The number of hydrogen-bond donors (Lipinski definition) is 3. The first-order valence-electron chi connectivity index (χ1n) is 16.3. The number of amides is 4. The van der Waals surface area contributed by atoms with E-state index in [4.69, 9.17) is 14.2 Å². The molecule has 46 heavy (non-hydrogen) atoms. The summed E-state index contributed by atoms with van der Waals surface area (Å²) in [5.74, 6) is -2.63. The van der Waals surface area contributed by atoms with Crippen molar-refractivity contribution in [2.24, 2.45) is 5.92 Å². The average Bonchev–Trinajstić information content (AvgIpc) is 3.32. The third-order valence-corrected chi connectivity index (χ3v) is 9.73. The number of rotatable bonds is 4. The lowest BCUT2D eigenvalue weighted by Crippen LogP contribution is -2.56. The molecule has 13 nitrogen and oxygen atoms in total. The maximum Gasteiger partial charge on any atom is 0.410 e. The fraction of sp³-hybridized carbons (Fsp3) is 0.606. The van der Waals surface area contributed by atoms with E-state index in [0.29, 0.717) is 45.4 Å². The zero-order valence-electron chi connectivity index (χ0n) is 25.9. The van der Waals surface area contributed by atoms with Gasteiger partial charge in [0.05, 0.1) is 19.8 Å². The molecule has 3 N–H and O–H groups in total. The fourth-order valence-corrected chi connectivity index (χ4v) is 6.95. The Hall–Kier alpha value is -4.13. The van der Waals surface area contributed by atoms with Crippen LogP contribution in [0.1, 0.15) is 62.5 Å². The van der Waals surface area contributed by atoms with Crippen LogP contribution in [-0.2, 0) is 41.6 Å². The van der Waals surface area contributed by atoms with Crippen LogP contribution in [0.2, 0.25) is 0 Å². The Kier molecular flexibility index (Phi) is 9.48. The van der Waals surface area contributed by atoms with Crippen LogP contribution in [0, 0.1) is 5.92 Å². The van der Waals surface area contributed by atoms with Gasteiger partial charge in [0.2, 0.25) is 11.8 Å². The highest BCUT2D eigenvalue weighted by molar-refractivity contribution is 5.96. The van der Waals surface area contributed by atoms with Crippen molar-refractivity contribution >= 4 is 30.0 Å². The maximum atomic E-state index is 14.1. The van der Waals surface area contributed by atoms with Gasteiger partial charge in [-0.05, 0) is 43.2 Å². The van der Waals surface area contributed by atoms with E-state index in [1.54, 1.807) is 4.90 Å². The van der Waals surface area contributed by atoms with E-state index >= 15 is 0 Å². The number of hydrogen-bond acceptors (Lipinski definition) is 8. The van der Waals surface area contributed by atoms with Crippen LogP contribution in [0.4, 0.5) is 9.59 Å². The zero-order valence-corrected chi connectivity index (χ0v) is 25.9. The Morgan fingerprint density at radius 3 is 2.65 bits per heavy atom. The lowest BCUT2D eigenvalue weighted by atomic mass is 10.0. The Bertz CT molecular complexity index is 1380. The third kappa shape index (κ3) is 6.98. The van der Waals surface area contributed by atoms with Crippen LogP contribution in [0.25, 0.3) is 0 Å². The molecular weight excluding hydrogens is 596 g/mol. The van der Waals surface area contributed by atoms with Crippen molar-refractivity contribution in [2.45, 2.75) is 94.2 Å². The first kappa shape index (κ1) is 31.8. The molecule has 5 aliphatic rings. The summed E-state index contributed by atoms with van der Waals surface area (Å²) in [6.45, 7) is 1.58. The molecule has 4 aliphatic heterocycles. The van der Waals surface area contributed by atoms with Crippen LogP contribution in [0.15, 0.2) is 36.4 Å². The number of benzene rings is 1. The van der Waals surface area contributed by atoms with Gasteiger partial charge in [-0.2, -0.15) is 0 Å². The summed E-state index contributed by atoms with van der Waals surface area (Å²) in [5, 5.41) is 15.5. The molecule has 13 heteroatoms. The molecule has 0 aromatic heterocycles. The summed E-state index contributed by atoms with van der Waals surface area (Å²) in [6.07, 6.45) is 6.12. The van der Waals surface area contributed by atoms with E-state index < -0.39 is 59.8 Å². The average molecular weight is 639 g/mol. The van der Waals surface area contributed by atoms with E-state index in [9.17, 15) is 29.1 Å². The topological polar surface area (TPSA) is 164 Å². The van der Waals surface area contributed by atoms with Crippen molar-refractivity contribution in [1.29, 1.82) is 0 Å². The minimum atomic E-state index is -1.46. The van der Waals surface area contributed by atoms with Crippen molar-refractivity contribution in [3.8, 4) is 0 Å². The van der Waals surface area contributed by atoms with E-state index in [2.05, 4.69) is 10.6 Å². The van der Waals surface area contributed by atoms with Gasteiger partial charge in [-0.15, -0.1) is 0 Å². The predicted molar refractivity (Wildman–Crippen MR) is 162 cm³/mol. The van der Waals surface area contributed by atoms with Gasteiger partial charge in [-0.25, -0.2) is 14.4 Å². The highest BCUT2D eigenvalue weighted by atomic mass is 16.6. The molecule has 4 amide bonds. The Balaban J connectivity index is 1.20. The number of fused-ring (bicyclic) bond motifs is 3. The molecule has 4 heterocycles. The minimum Gasteiger partial charge on any atom is -0.479 e. The second-order valence-corrected chi connectivity index (χ2v) is 12.9. The third-order valence-electron chi connectivity index (χ3n) is 9.73. The fourth-order valence-electron chi connectivity index (χ4n) is 6.95. The Labute approximate surface area is 267 Å². The first-order chi connectivity index (χ1) is 22.2. The number of ether oxygens (including phenoxy) is 3. The molecule has 3 fully saturated rings. The summed E-state index contributed by atoms with van der Waals surface area (Å²) < 4.78 is 16.6. The molecule has 6 atom stereocenters. The van der Waals surface area contributed by atoms with Gasteiger partial charge in [0.25, 0.3) is 0 Å². The normalized spacial score (nSPS) is 31.3. The molecule has 6 rings (SSSR count). The Morgan fingerprint density at radius 1 is 1.04 bits per heavy atom. The molecule has 1 aliphatic carbocycles.